The minimum absolute atomic E-state index is 0.00178. The molecule has 0 radical (unpaired) electrons. The van der Waals surface area contributed by atoms with Crippen LogP contribution in [0, 0.1) is 6.92 Å². The van der Waals surface area contributed by atoms with Gasteiger partial charge in [0.15, 0.2) is 5.78 Å². The van der Waals surface area contributed by atoms with Crippen molar-refractivity contribution >= 4 is 33.1 Å². The van der Waals surface area contributed by atoms with Crippen LogP contribution < -0.4 is 9.62 Å². The van der Waals surface area contributed by atoms with Gasteiger partial charge in [0.05, 0.1) is 16.3 Å². The zero-order valence-electron chi connectivity index (χ0n) is 16.9. The number of para-hydroxylation sites is 1. The Morgan fingerprint density at radius 2 is 1.57 bits per heavy atom. The predicted molar refractivity (Wildman–Crippen MR) is 118 cm³/mol. The smallest absolute Gasteiger partial charge is 0.264 e. The lowest BCUT2D eigenvalue weighted by Crippen LogP contribution is -2.27. The maximum Gasteiger partial charge on any atom is 0.264 e. The number of hydrogen-bond acceptors (Lipinski definition) is 4. The molecule has 6 nitrogen and oxygen atoms in total. The molecule has 3 rings (SSSR count). The molecule has 0 unspecified atom stereocenters. The number of ketones is 1. The summed E-state index contributed by atoms with van der Waals surface area (Å²) in [5.41, 5.74) is 2.47. The third-order valence-corrected chi connectivity index (χ3v) is 6.49. The van der Waals surface area contributed by atoms with Gasteiger partial charge < -0.3 is 5.32 Å². The van der Waals surface area contributed by atoms with E-state index in [-0.39, 0.29) is 16.2 Å². The Balaban J connectivity index is 1.89. The van der Waals surface area contributed by atoms with E-state index in [1.165, 1.54) is 42.5 Å². The first-order valence-electron chi connectivity index (χ1n) is 9.27. The first kappa shape index (κ1) is 21.3. The average Bonchev–Trinajstić information content (AvgIpc) is 2.74. The molecule has 3 aromatic carbocycles. The number of Topliss-reactive ketones (excluding diaryl/α,β-unsaturated/α-hetero) is 1. The minimum atomic E-state index is -3.86. The molecule has 0 bridgehead atoms. The van der Waals surface area contributed by atoms with E-state index < -0.39 is 15.9 Å². The normalized spacial score (nSPS) is 11.0. The van der Waals surface area contributed by atoms with E-state index in [2.05, 4.69) is 5.32 Å². The van der Waals surface area contributed by atoms with Crippen LogP contribution in [0.15, 0.2) is 77.7 Å². The molecule has 1 amide bonds. The van der Waals surface area contributed by atoms with Gasteiger partial charge in [-0.2, -0.15) is 0 Å². The number of hydrogen-bond donors (Lipinski definition) is 1. The summed E-state index contributed by atoms with van der Waals surface area (Å²) in [6.45, 7) is 3.34. The molecule has 0 aliphatic heterocycles. The van der Waals surface area contributed by atoms with Crippen molar-refractivity contribution in [1.29, 1.82) is 0 Å². The molecule has 0 saturated heterocycles. The number of sulfonamides is 1. The minimum Gasteiger partial charge on any atom is -0.321 e. The number of benzene rings is 3. The summed E-state index contributed by atoms with van der Waals surface area (Å²) in [6.07, 6.45) is 0. The summed E-state index contributed by atoms with van der Waals surface area (Å²) in [5, 5.41) is 2.69. The van der Waals surface area contributed by atoms with Gasteiger partial charge in [0, 0.05) is 18.2 Å². The Kier molecular flexibility index (Phi) is 6.03. The van der Waals surface area contributed by atoms with Gasteiger partial charge in [0.2, 0.25) is 0 Å². The van der Waals surface area contributed by atoms with Crippen molar-refractivity contribution < 1.29 is 18.0 Å². The lowest BCUT2D eigenvalue weighted by atomic mass is 10.1. The van der Waals surface area contributed by atoms with Crippen molar-refractivity contribution in [3.8, 4) is 0 Å². The van der Waals surface area contributed by atoms with Crippen molar-refractivity contribution in [2.75, 3.05) is 16.7 Å². The van der Waals surface area contributed by atoms with E-state index in [1.54, 1.807) is 36.4 Å². The van der Waals surface area contributed by atoms with Crippen LogP contribution in [0.2, 0.25) is 0 Å². The quantitative estimate of drug-likeness (QED) is 0.601. The molecular formula is C23H22N2O4S. The van der Waals surface area contributed by atoms with Gasteiger partial charge >= 0.3 is 0 Å². The number of nitrogens with one attached hydrogen (secondary N) is 1. The van der Waals surface area contributed by atoms with Crippen molar-refractivity contribution in [1.82, 2.24) is 0 Å². The van der Waals surface area contributed by atoms with Crippen LogP contribution in [-0.2, 0) is 10.0 Å². The molecule has 154 valence electrons. The summed E-state index contributed by atoms with van der Waals surface area (Å²) >= 11 is 0. The van der Waals surface area contributed by atoms with Crippen molar-refractivity contribution in [2.24, 2.45) is 0 Å². The molecule has 0 spiro atoms. The fraction of sp³-hybridized carbons (Fsp3) is 0.130. The van der Waals surface area contributed by atoms with Crippen LogP contribution in [0.1, 0.15) is 33.2 Å². The highest BCUT2D eigenvalue weighted by molar-refractivity contribution is 7.92. The molecule has 0 heterocycles. The van der Waals surface area contributed by atoms with Crippen molar-refractivity contribution in [3.05, 3.63) is 89.5 Å². The van der Waals surface area contributed by atoms with E-state index in [1.807, 2.05) is 19.1 Å². The highest BCUT2D eigenvalue weighted by atomic mass is 32.2. The summed E-state index contributed by atoms with van der Waals surface area (Å²) in [6, 6.07) is 19.6. The van der Waals surface area contributed by atoms with E-state index >= 15 is 0 Å². The van der Waals surface area contributed by atoms with Crippen LogP contribution in [0.25, 0.3) is 0 Å². The second kappa shape index (κ2) is 8.51. The lowest BCUT2D eigenvalue weighted by Gasteiger charge is -2.20. The third kappa shape index (κ3) is 4.41. The number of rotatable bonds is 6. The molecule has 0 saturated carbocycles. The predicted octanol–water partition coefficient (Wildman–Crippen LogP) is 4.28. The Morgan fingerprint density at radius 3 is 2.23 bits per heavy atom. The van der Waals surface area contributed by atoms with E-state index in [0.717, 1.165) is 5.56 Å². The fourth-order valence-corrected chi connectivity index (χ4v) is 4.18. The van der Waals surface area contributed by atoms with Crippen LogP contribution in [0.3, 0.4) is 0 Å². The number of carbonyl (C=O) groups excluding carboxylic acids is 2. The highest BCUT2D eigenvalue weighted by Crippen LogP contribution is 2.24. The van der Waals surface area contributed by atoms with E-state index in [4.69, 9.17) is 0 Å². The van der Waals surface area contributed by atoms with Gasteiger partial charge in [-0.1, -0.05) is 35.9 Å². The SMILES string of the molecule is CC(=O)c1ccccc1NC(=O)c1cccc(S(=O)(=O)N(C)c2ccc(C)cc2)c1. The Bertz CT molecular complexity index is 1200. The Labute approximate surface area is 176 Å². The summed E-state index contributed by atoms with van der Waals surface area (Å²) in [7, 11) is -2.39. The maximum absolute atomic E-state index is 13.0. The van der Waals surface area contributed by atoms with E-state index in [9.17, 15) is 18.0 Å². The largest absolute Gasteiger partial charge is 0.321 e. The summed E-state index contributed by atoms with van der Waals surface area (Å²) in [4.78, 5) is 24.5. The van der Waals surface area contributed by atoms with Gasteiger partial charge in [0.25, 0.3) is 15.9 Å². The molecule has 0 aliphatic rings. The highest BCUT2D eigenvalue weighted by Gasteiger charge is 2.22. The molecule has 3 aromatic rings. The first-order chi connectivity index (χ1) is 14.2. The first-order valence-corrected chi connectivity index (χ1v) is 10.7. The third-order valence-electron chi connectivity index (χ3n) is 4.71. The molecule has 0 aliphatic carbocycles. The molecule has 0 aromatic heterocycles. The number of aryl methyl sites for hydroxylation is 1. The molecule has 0 fully saturated rings. The Morgan fingerprint density at radius 1 is 0.900 bits per heavy atom. The molecule has 7 heteroatoms. The maximum atomic E-state index is 13.0. The lowest BCUT2D eigenvalue weighted by molar-refractivity contribution is 0.101. The van der Waals surface area contributed by atoms with Crippen molar-refractivity contribution in [2.45, 2.75) is 18.7 Å². The van der Waals surface area contributed by atoms with Crippen molar-refractivity contribution in [3.63, 3.8) is 0 Å². The van der Waals surface area contributed by atoms with Gasteiger partial charge in [-0.25, -0.2) is 8.42 Å². The standard InChI is InChI=1S/C23H22N2O4S/c1-16-11-13-19(14-12-16)25(3)30(28,29)20-8-6-7-18(15-20)23(27)24-22-10-5-4-9-21(22)17(2)26/h4-15H,1-3H3,(H,24,27). The second-order valence-corrected chi connectivity index (χ2v) is 8.86. The average molecular weight is 423 g/mol. The number of amides is 1. The van der Waals surface area contributed by atoms with E-state index in [0.29, 0.717) is 16.9 Å². The molecule has 30 heavy (non-hydrogen) atoms. The number of anilines is 2. The molecule has 1 N–H and O–H groups in total. The van der Waals surface area contributed by atoms with Crippen LogP contribution in [0.4, 0.5) is 11.4 Å². The van der Waals surface area contributed by atoms with Crippen LogP contribution in [-0.4, -0.2) is 27.2 Å². The Hall–Kier alpha value is -3.45. The fourth-order valence-electron chi connectivity index (χ4n) is 2.94. The summed E-state index contributed by atoms with van der Waals surface area (Å²) in [5.74, 6) is -0.680. The van der Waals surface area contributed by atoms with Crippen LogP contribution in [0.5, 0.6) is 0 Å². The monoisotopic (exact) mass is 422 g/mol. The van der Waals surface area contributed by atoms with Gasteiger partial charge in [-0.15, -0.1) is 0 Å². The molecular weight excluding hydrogens is 400 g/mol. The molecule has 0 atom stereocenters. The number of nitrogens with zero attached hydrogens (tertiary/aromatic N) is 1. The van der Waals surface area contributed by atoms with Gasteiger partial charge in [0.1, 0.15) is 0 Å². The zero-order chi connectivity index (χ0) is 21.9. The van der Waals surface area contributed by atoms with Crippen LogP contribution >= 0.6 is 0 Å². The van der Waals surface area contributed by atoms with Gasteiger partial charge in [-0.05, 0) is 56.3 Å². The zero-order valence-corrected chi connectivity index (χ0v) is 17.7. The van der Waals surface area contributed by atoms with Gasteiger partial charge in [-0.3, -0.25) is 13.9 Å². The second-order valence-electron chi connectivity index (χ2n) is 6.89. The summed E-state index contributed by atoms with van der Waals surface area (Å²) < 4.78 is 27.3. The topological polar surface area (TPSA) is 83.5 Å². The number of carbonyl (C=O) groups is 2.